The summed E-state index contributed by atoms with van der Waals surface area (Å²) in [4.78, 5) is 37.9. The molecule has 0 aromatic rings. The quantitative estimate of drug-likeness (QED) is 0.0345. The van der Waals surface area contributed by atoms with Gasteiger partial charge in [0.1, 0.15) is 13.2 Å². The van der Waals surface area contributed by atoms with Crippen LogP contribution in [0, 0.1) is 17.8 Å². The van der Waals surface area contributed by atoms with Crippen molar-refractivity contribution in [3.63, 3.8) is 0 Å². The fourth-order valence-corrected chi connectivity index (χ4v) is 7.91. The Bertz CT molecular complexity index is 916. The molecule has 0 fully saturated rings. The lowest BCUT2D eigenvalue weighted by molar-refractivity contribution is -0.167. The predicted octanol–water partition coefficient (Wildman–Crippen LogP) is 16.8. The summed E-state index contributed by atoms with van der Waals surface area (Å²) in [6.45, 7) is 13.7. The number of carbonyl (C=O) groups excluding carboxylic acids is 3. The molecule has 350 valence electrons. The molecule has 6 heteroatoms. The van der Waals surface area contributed by atoms with Crippen LogP contribution in [0.5, 0.6) is 0 Å². The average molecular weight is 835 g/mol. The number of unbranched alkanes of at least 4 members (excludes halogenated alkanes) is 28. The van der Waals surface area contributed by atoms with Crippen LogP contribution in [0.4, 0.5) is 0 Å². The third kappa shape index (κ3) is 45.8. The summed E-state index contributed by atoms with van der Waals surface area (Å²) in [6, 6.07) is 0. The van der Waals surface area contributed by atoms with E-state index < -0.39 is 6.10 Å². The SMILES string of the molecule is CCC(C)CCCCCCCCCCCCC(=O)OC[C@@H](COC(=O)CCCCCCCCC(C)C)OC(=O)CCCCCCCCCCCCCCCCCC(C)C. The molecule has 0 aromatic heterocycles. The third-order valence-corrected chi connectivity index (χ3v) is 12.3. The van der Waals surface area contributed by atoms with E-state index in [4.69, 9.17) is 14.2 Å². The van der Waals surface area contributed by atoms with Crippen LogP contribution in [0.3, 0.4) is 0 Å². The van der Waals surface area contributed by atoms with Crippen LogP contribution in [-0.4, -0.2) is 37.2 Å². The van der Waals surface area contributed by atoms with E-state index in [-0.39, 0.29) is 31.1 Å². The first-order valence-electron chi connectivity index (χ1n) is 26.1. The lowest BCUT2D eigenvalue weighted by Gasteiger charge is -2.18. The highest BCUT2D eigenvalue weighted by atomic mass is 16.6. The molecule has 0 amide bonds. The molecule has 0 spiro atoms. The van der Waals surface area contributed by atoms with Crippen molar-refractivity contribution in [3.8, 4) is 0 Å². The van der Waals surface area contributed by atoms with Crippen molar-refractivity contribution in [2.75, 3.05) is 13.2 Å². The second kappa shape index (κ2) is 44.5. The van der Waals surface area contributed by atoms with Gasteiger partial charge in [0.15, 0.2) is 6.10 Å². The highest BCUT2D eigenvalue weighted by molar-refractivity contribution is 5.71. The monoisotopic (exact) mass is 835 g/mol. The van der Waals surface area contributed by atoms with E-state index >= 15 is 0 Å². The van der Waals surface area contributed by atoms with Gasteiger partial charge < -0.3 is 14.2 Å². The van der Waals surface area contributed by atoms with E-state index in [1.807, 2.05) is 0 Å². The summed E-state index contributed by atoms with van der Waals surface area (Å²) >= 11 is 0. The summed E-state index contributed by atoms with van der Waals surface area (Å²) in [5.74, 6) is 1.62. The molecule has 0 aliphatic carbocycles. The normalized spacial score (nSPS) is 12.6. The van der Waals surface area contributed by atoms with Crippen molar-refractivity contribution in [2.24, 2.45) is 17.8 Å². The molecule has 0 bridgehead atoms. The standard InChI is InChI=1S/C53H102O6/c1-7-49(6)41-35-29-22-18-15-16-19-23-30-36-42-51(54)57-45-50(46-58-52(55)43-37-31-26-25-28-34-40-48(4)5)59-53(56)44-38-32-24-20-14-12-10-8-9-11-13-17-21-27-33-39-47(2)3/h47-50H,7-46H2,1-6H3/t49?,50-/m0/s1. The van der Waals surface area contributed by atoms with Crippen LogP contribution in [0.2, 0.25) is 0 Å². The number of hydrogen-bond donors (Lipinski definition) is 0. The zero-order chi connectivity index (χ0) is 43.4. The second-order valence-corrected chi connectivity index (χ2v) is 19.4. The summed E-state index contributed by atoms with van der Waals surface area (Å²) in [6.07, 6.45) is 43.8. The first-order valence-corrected chi connectivity index (χ1v) is 26.1. The molecular formula is C53H102O6. The molecule has 0 radical (unpaired) electrons. The summed E-state index contributed by atoms with van der Waals surface area (Å²) in [5, 5.41) is 0. The Morgan fingerprint density at radius 1 is 0.339 bits per heavy atom. The van der Waals surface area contributed by atoms with Crippen LogP contribution in [0.25, 0.3) is 0 Å². The lowest BCUT2D eigenvalue weighted by Crippen LogP contribution is -2.30. The molecule has 0 heterocycles. The number of ether oxygens (including phenoxy) is 3. The summed E-state index contributed by atoms with van der Waals surface area (Å²) in [5.41, 5.74) is 0. The molecule has 6 nitrogen and oxygen atoms in total. The molecule has 0 N–H and O–H groups in total. The number of carbonyl (C=O) groups is 3. The first kappa shape index (κ1) is 57.4. The highest BCUT2D eigenvalue weighted by Gasteiger charge is 2.19. The van der Waals surface area contributed by atoms with E-state index in [0.717, 1.165) is 75.5 Å². The molecule has 2 atom stereocenters. The first-order chi connectivity index (χ1) is 28.6. The van der Waals surface area contributed by atoms with Crippen molar-refractivity contribution >= 4 is 17.9 Å². The van der Waals surface area contributed by atoms with E-state index in [0.29, 0.717) is 19.3 Å². The van der Waals surface area contributed by atoms with Gasteiger partial charge >= 0.3 is 17.9 Å². The molecule has 0 rings (SSSR count). The molecule has 0 aliphatic rings. The van der Waals surface area contributed by atoms with Crippen molar-refractivity contribution in [1.82, 2.24) is 0 Å². The maximum Gasteiger partial charge on any atom is 0.306 e. The zero-order valence-corrected chi connectivity index (χ0v) is 40.5. The van der Waals surface area contributed by atoms with Gasteiger partial charge in [0.25, 0.3) is 0 Å². The lowest BCUT2D eigenvalue weighted by atomic mass is 9.99. The van der Waals surface area contributed by atoms with Gasteiger partial charge in [-0.2, -0.15) is 0 Å². The molecule has 59 heavy (non-hydrogen) atoms. The van der Waals surface area contributed by atoms with Gasteiger partial charge in [0.05, 0.1) is 0 Å². The van der Waals surface area contributed by atoms with Crippen LogP contribution < -0.4 is 0 Å². The van der Waals surface area contributed by atoms with E-state index in [1.54, 1.807) is 0 Å². The van der Waals surface area contributed by atoms with E-state index in [2.05, 4.69) is 41.5 Å². The Balaban J connectivity index is 4.27. The van der Waals surface area contributed by atoms with Gasteiger partial charge in [0.2, 0.25) is 0 Å². The van der Waals surface area contributed by atoms with Crippen LogP contribution in [0.1, 0.15) is 286 Å². The van der Waals surface area contributed by atoms with Crippen molar-refractivity contribution in [1.29, 1.82) is 0 Å². The smallest absolute Gasteiger partial charge is 0.306 e. The fourth-order valence-electron chi connectivity index (χ4n) is 7.91. The maximum absolute atomic E-state index is 12.8. The van der Waals surface area contributed by atoms with Crippen molar-refractivity contribution < 1.29 is 28.6 Å². The van der Waals surface area contributed by atoms with Gasteiger partial charge in [-0.3, -0.25) is 14.4 Å². The summed E-state index contributed by atoms with van der Waals surface area (Å²) < 4.78 is 16.8. The minimum Gasteiger partial charge on any atom is -0.462 e. The van der Waals surface area contributed by atoms with Gasteiger partial charge in [0, 0.05) is 19.3 Å². The highest BCUT2D eigenvalue weighted by Crippen LogP contribution is 2.18. The predicted molar refractivity (Wildman–Crippen MR) is 252 cm³/mol. The molecule has 0 aromatic carbocycles. The van der Waals surface area contributed by atoms with Crippen molar-refractivity contribution in [2.45, 2.75) is 292 Å². The minimum atomic E-state index is -0.763. The van der Waals surface area contributed by atoms with Crippen molar-refractivity contribution in [3.05, 3.63) is 0 Å². The second-order valence-electron chi connectivity index (χ2n) is 19.4. The Kier molecular flexibility index (Phi) is 43.3. The third-order valence-electron chi connectivity index (χ3n) is 12.3. The van der Waals surface area contributed by atoms with E-state index in [1.165, 1.54) is 167 Å². The Labute approximate surface area is 368 Å². The van der Waals surface area contributed by atoms with Crippen LogP contribution >= 0.6 is 0 Å². The van der Waals surface area contributed by atoms with Gasteiger partial charge in [-0.15, -0.1) is 0 Å². The van der Waals surface area contributed by atoms with Crippen LogP contribution in [-0.2, 0) is 28.6 Å². The zero-order valence-electron chi connectivity index (χ0n) is 40.5. The van der Waals surface area contributed by atoms with Gasteiger partial charge in [-0.25, -0.2) is 0 Å². The largest absolute Gasteiger partial charge is 0.462 e. The number of hydrogen-bond acceptors (Lipinski definition) is 6. The molecule has 1 unspecified atom stereocenters. The average Bonchev–Trinajstić information content (AvgIpc) is 3.20. The molecule has 0 aliphatic heterocycles. The molecule has 0 saturated heterocycles. The van der Waals surface area contributed by atoms with Gasteiger partial charge in [-0.1, -0.05) is 247 Å². The van der Waals surface area contributed by atoms with Crippen LogP contribution in [0.15, 0.2) is 0 Å². The minimum absolute atomic E-state index is 0.0654. The Hall–Kier alpha value is -1.59. The molecular weight excluding hydrogens is 733 g/mol. The van der Waals surface area contributed by atoms with Gasteiger partial charge in [-0.05, 0) is 37.0 Å². The topological polar surface area (TPSA) is 78.9 Å². The maximum atomic E-state index is 12.8. The molecule has 0 saturated carbocycles. The summed E-state index contributed by atoms with van der Waals surface area (Å²) in [7, 11) is 0. The number of esters is 3. The van der Waals surface area contributed by atoms with E-state index in [9.17, 15) is 14.4 Å². The Morgan fingerprint density at radius 3 is 0.881 bits per heavy atom. The fraction of sp³-hybridized carbons (Fsp3) is 0.943. The Morgan fingerprint density at radius 2 is 0.593 bits per heavy atom. The number of rotatable bonds is 46.